The van der Waals surface area contributed by atoms with Crippen LogP contribution in [0, 0.1) is 11.6 Å². The van der Waals surface area contributed by atoms with Gasteiger partial charge in [0, 0.05) is 31.2 Å². The van der Waals surface area contributed by atoms with E-state index in [1.54, 1.807) is 0 Å². The van der Waals surface area contributed by atoms with Gasteiger partial charge in [-0.1, -0.05) is 0 Å². The highest BCUT2D eigenvalue weighted by atomic mass is 19.1. The minimum atomic E-state index is -0.569. The largest absolute Gasteiger partial charge is 0.374 e. The highest BCUT2D eigenvalue weighted by Crippen LogP contribution is 2.15. The van der Waals surface area contributed by atoms with Crippen molar-refractivity contribution in [3.63, 3.8) is 0 Å². The first kappa shape index (κ1) is 15.4. The highest BCUT2D eigenvalue weighted by molar-refractivity contribution is 5.19. The standard InChI is InChI=1S/C15H22F2N2O/c1-10(2)19-3-4-20-15(9-19)14(18)7-11-5-12(16)8-13(17)6-11/h5-6,8,10,14-15H,3-4,7,9,18H2,1-2H3. The molecule has 0 radical (unpaired) electrons. The van der Waals surface area contributed by atoms with Crippen LogP contribution in [0.15, 0.2) is 18.2 Å². The summed E-state index contributed by atoms with van der Waals surface area (Å²) >= 11 is 0. The molecule has 1 aliphatic heterocycles. The number of halogens is 2. The summed E-state index contributed by atoms with van der Waals surface area (Å²) in [6.45, 7) is 6.58. The third-order valence-electron chi connectivity index (χ3n) is 3.73. The minimum absolute atomic E-state index is 0.0996. The molecule has 0 aliphatic carbocycles. The molecule has 0 bridgehead atoms. The summed E-state index contributed by atoms with van der Waals surface area (Å²) in [5.74, 6) is -1.14. The zero-order chi connectivity index (χ0) is 14.7. The zero-order valence-corrected chi connectivity index (χ0v) is 12.0. The Morgan fingerprint density at radius 1 is 1.30 bits per heavy atom. The maximum absolute atomic E-state index is 13.2. The van der Waals surface area contributed by atoms with E-state index in [0.717, 1.165) is 19.2 Å². The van der Waals surface area contributed by atoms with Gasteiger partial charge in [-0.25, -0.2) is 8.78 Å². The number of ether oxygens (including phenoxy) is 1. The topological polar surface area (TPSA) is 38.5 Å². The first-order valence-corrected chi connectivity index (χ1v) is 7.02. The molecule has 0 amide bonds. The van der Waals surface area contributed by atoms with Crippen molar-refractivity contribution in [3.05, 3.63) is 35.4 Å². The molecular weight excluding hydrogens is 262 g/mol. The van der Waals surface area contributed by atoms with Crippen molar-refractivity contribution in [2.45, 2.75) is 38.5 Å². The van der Waals surface area contributed by atoms with Gasteiger partial charge in [-0.3, -0.25) is 4.90 Å². The quantitative estimate of drug-likeness (QED) is 0.918. The summed E-state index contributed by atoms with van der Waals surface area (Å²) in [6.07, 6.45) is 0.308. The molecule has 2 unspecified atom stereocenters. The van der Waals surface area contributed by atoms with Crippen LogP contribution >= 0.6 is 0 Å². The van der Waals surface area contributed by atoms with Crippen LogP contribution in [0.4, 0.5) is 8.78 Å². The second-order valence-electron chi connectivity index (χ2n) is 5.64. The Bertz CT molecular complexity index is 433. The fourth-order valence-electron chi connectivity index (χ4n) is 2.56. The lowest BCUT2D eigenvalue weighted by Gasteiger charge is -2.37. The second-order valence-corrected chi connectivity index (χ2v) is 5.64. The van der Waals surface area contributed by atoms with Gasteiger partial charge in [-0.15, -0.1) is 0 Å². The average Bonchev–Trinajstić information content (AvgIpc) is 2.37. The van der Waals surface area contributed by atoms with E-state index in [2.05, 4.69) is 18.7 Å². The van der Waals surface area contributed by atoms with E-state index < -0.39 is 11.6 Å². The Labute approximate surface area is 118 Å². The summed E-state index contributed by atoms with van der Waals surface area (Å²) in [7, 11) is 0. The van der Waals surface area contributed by atoms with Gasteiger partial charge in [-0.05, 0) is 38.0 Å². The third-order valence-corrected chi connectivity index (χ3v) is 3.73. The number of benzene rings is 1. The molecule has 1 fully saturated rings. The van der Waals surface area contributed by atoms with Crippen LogP contribution in [0.2, 0.25) is 0 Å². The fourth-order valence-corrected chi connectivity index (χ4v) is 2.56. The minimum Gasteiger partial charge on any atom is -0.374 e. The number of hydrogen-bond donors (Lipinski definition) is 1. The van der Waals surface area contributed by atoms with Gasteiger partial charge in [0.25, 0.3) is 0 Å². The summed E-state index contributed by atoms with van der Waals surface area (Å²) in [6, 6.07) is 3.70. The first-order valence-electron chi connectivity index (χ1n) is 7.02. The monoisotopic (exact) mass is 284 g/mol. The SMILES string of the molecule is CC(C)N1CCOC(C(N)Cc2cc(F)cc(F)c2)C1. The van der Waals surface area contributed by atoms with Crippen LogP contribution in [0.25, 0.3) is 0 Å². The van der Waals surface area contributed by atoms with Gasteiger partial charge in [0.05, 0.1) is 12.7 Å². The molecule has 2 rings (SSSR count). The van der Waals surface area contributed by atoms with Gasteiger partial charge in [0.15, 0.2) is 0 Å². The number of rotatable bonds is 4. The molecule has 20 heavy (non-hydrogen) atoms. The van der Waals surface area contributed by atoms with Gasteiger partial charge in [-0.2, -0.15) is 0 Å². The van der Waals surface area contributed by atoms with E-state index in [4.69, 9.17) is 10.5 Å². The third kappa shape index (κ3) is 3.98. The maximum atomic E-state index is 13.2. The van der Waals surface area contributed by atoms with Crippen molar-refractivity contribution in [2.24, 2.45) is 5.73 Å². The van der Waals surface area contributed by atoms with Crippen molar-refractivity contribution < 1.29 is 13.5 Å². The second kappa shape index (κ2) is 6.61. The molecule has 1 aliphatic rings. The molecule has 0 aromatic heterocycles. The first-order chi connectivity index (χ1) is 9.45. The van der Waals surface area contributed by atoms with Gasteiger partial charge < -0.3 is 10.5 Å². The molecule has 1 aromatic rings. The predicted molar refractivity (Wildman–Crippen MR) is 74.5 cm³/mol. The fraction of sp³-hybridized carbons (Fsp3) is 0.600. The molecule has 0 saturated carbocycles. The van der Waals surface area contributed by atoms with E-state index in [9.17, 15) is 8.78 Å². The molecule has 2 atom stereocenters. The maximum Gasteiger partial charge on any atom is 0.126 e. The van der Waals surface area contributed by atoms with E-state index in [1.165, 1.54) is 12.1 Å². The predicted octanol–water partition coefficient (Wildman–Crippen LogP) is 1.94. The molecule has 1 heterocycles. The average molecular weight is 284 g/mol. The van der Waals surface area contributed by atoms with Crippen molar-refractivity contribution in [1.82, 2.24) is 4.90 Å². The molecule has 0 spiro atoms. The van der Waals surface area contributed by atoms with E-state index in [1.807, 2.05) is 0 Å². The number of hydrogen-bond acceptors (Lipinski definition) is 3. The summed E-state index contributed by atoms with van der Waals surface area (Å²) in [5.41, 5.74) is 6.72. The van der Waals surface area contributed by atoms with Gasteiger partial charge >= 0.3 is 0 Å². The van der Waals surface area contributed by atoms with Crippen LogP contribution in [0.1, 0.15) is 19.4 Å². The van der Waals surface area contributed by atoms with Crippen molar-refractivity contribution in [1.29, 1.82) is 0 Å². The molecule has 3 nitrogen and oxygen atoms in total. The van der Waals surface area contributed by atoms with E-state index in [0.29, 0.717) is 24.6 Å². The molecule has 5 heteroatoms. The Balaban J connectivity index is 1.98. The lowest BCUT2D eigenvalue weighted by Crippen LogP contribution is -2.53. The molecule has 1 saturated heterocycles. The Hall–Kier alpha value is -1.04. The molecule has 2 N–H and O–H groups in total. The molecule has 1 aromatic carbocycles. The Morgan fingerprint density at radius 3 is 2.55 bits per heavy atom. The van der Waals surface area contributed by atoms with Gasteiger partial charge in [0.2, 0.25) is 0 Å². The highest BCUT2D eigenvalue weighted by Gasteiger charge is 2.27. The zero-order valence-electron chi connectivity index (χ0n) is 12.0. The summed E-state index contributed by atoms with van der Waals surface area (Å²) in [4.78, 5) is 2.31. The summed E-state index contributed by atoms with van der Waals surface area (Å²) in [5, 5.41) is 0. The van der Waals surface area contributed by atoms with Crippen LogP contribution in [0.3, 0.4) is 0 Å². The molecular formula is C15H22F2N2O. The number of morpholine rings is 1. The lowest BCUT2D eigenvalue weighted by molar-refractivity contribution is -0.0495. The van der Waals surface area contributed by atoms with Crippen molar-refractivity contribution >= 4 is 0 Å². The Morgan fingerprint density at radius 2 is 1.95 bits per heavy atom. The van der Waals surface area contributed by atoms with E-state index >= 15 is 0 Å². The van der Waals surface area contributed by atoms with Crippen molar-refractivity contribution in [2.75, 3.05) is 19.7 Å². The van der Waals surface area contributed by atoms with E-state index in [-0.39, 0.29) is 12.1 Å². The van der Waals surface area contributed by atoms with Crippen molar-refractivity contribution in [3.8, 4) is 0 Å². The van der Waals surface area contributed by atoms with Crippen LogP contribution in [0.5, 0.6) is 0 Å². The van der Waals surface area contributed by atoms with Crippen LogP contribution in [-0.2, 0) is 11.2 Å². The van der Waals surface area contributed by atoms with Crippen LogP contribution in [-0.4, -0.2) is 42.8 Å². The van der Waals surface area contributed by atoms with Gasteiger partial charge in [0.1, 0.15) is 11.6 Å². The van der Waals surface area contributed by atoms with Crippen LogP contribution < -0.4 is 5.73 Å². The number of nitrogens with two attached hydrogens (primary N) is 1. The normalized spacial score (nSPS) is 22.2. The number of nitrogens with zero attached hydrogens (tertiary/aromatic N) is 1. The summed E-state index contributed by atoms with van der Waals surface area (Å²) < 4.78 is 32.0. The Kier molecular flexibility index (Phi) is 5.07. The smallest absolute Gasteiger partial charge is 0.126 e. The lowest BCUT2D eigenvalue weighted by atomic mass is 10.00. The molecule has 112 valence electrons.